The van der Waals surface area contributed by atoms with E-state index in [2.05, 4.69) is 75.1 Å². The predicted octanol–water partition coefficient (Wildman–Crippen LogP) is 4.36. The van der Waals surface area contributed by atoms with Crippen molar-refractivity contribution in [1.82, 2.24) is 9.97 Å². The minimum absolute atomic E-state index is 0.629. The van der Waals surface area contributed by atoms with Crippen molar-refractivity contribution < 1.29 is 0 Å². The molecule has 6 nitrogen and oxygen atoms in total. The van der Waals surface area contributed by atoms with Gasteiger partial charge in [-0.25, -0.2) is 0 Å². The van der Waals surface area contributed by atoms with Gasteiger partial charge in [-0.1, -0.05) is 48.5 Å². The van der Waals surface area contributed by atoms with Gasteiger partial charge in [0.2, 0.25) is 5.95 Å². The van der Waals surface area contributed by atoms with Crippen LogP contribution in [0.4, 0.5) is 17.6 Å². The SMILES string of the molecule is CN(C)c1cc(NN=Cc2c3ccccc3cc3ccccc23)nc(N(C)C)n1. The lowest BCUT2D eigenvalue weighted by Crippen LogP contribution is -2.17. The summed E-state index contributed by atoms with van der Waals surface area (Å²) in [7, 11) is 7.75. The summed E-state index contributed by atoms with van der Waals surface area (Å²) in [5.41, 5.74) is 4.16. The predicted molar refractivity (Wildman–Crippen MR) is 123 cm³/mol. The molecule has 1 aromatic heterocycles. The second kappa shape index (κ2) is 7.75. The summed E-state index contributed by atoms with van der Waals surface area (Å²) in [6, 6.07) is 20.8. The van der Waals surface area contributed by atoms with Gasteiger partial charge in [0.05, 0.1) is 6.21 Å². The number of nitrogens with one attached hydrogen (secondary N) is 1. The highest BCUT2D eigenvalue weighted by Crippen LogP contribution is 2.27. The molecule has 4 aromatic rings. The van der Waals surface area contributed by atoms with Crippen LogP contribution in [-0.2, 0) is 0 Å². The Labute approximate surface area is 170 Å². The van der Waals surface area contributed by atoms with Crippen LogP contribution >= 0.6 is 0 Å². The van der Waals surface area contributed by atoms with Gasteiger partial charge in [-0.05, 0) is 27.6 Å². The van der Waals surface area contributed by atoms with Crippen molar-refractivity contribution in [2.75, 3.05) is 43.4 Å². The number of rotatable bonds is 5. The third-order valence-electron chi connectivity index (χ3n) is 4.74. The maximum absolute atomic E-state index is 4.53. The largest absolute Gasteiger partial charge is 0.363 e. The molecule has 1 heterocycles. The van der Waals surface area contributed by atoms with Crippen molar-refractivity contribution in [3.8, 4) is 0 Å². The van der Waals surface area contributed by atoms with Crippen molar-refractivity contribution in [3.05, 3.63) is 66.2 Å². The number of hydrogen-bond acceptors (Lipinski definition) is 6. The Morgan fingerprint density at radius 3 is 2.00 bits per heavy atom. The Morgan fingerprint density at radius 1 is 0.793 bits per heavy atom. The number of anilines is 3. The molecule has 0 aliphatic rings. The molecule has 0 aliphatic heterocycles. The normalized spacial score (nSPS) is 11.3. The van der Waals surface area contributed by atoms with E-state index >= 15 is 0 Å². The summed E-state index contributed by atoms with van der Waals surface area (Å²) in [5, 5.41) is 9.24. The Hall–Kier alpha value is -3.67. The van der Waals surface area contributed by atoms with Crippen LogP contribution in [0, 0.1) is 0 Å². The van der Waals surface area contributed by atoms with E-state index in [0.29, 0.717) is 11.8 Å². The molecule has 0 fully saturated rings. The highest BCUT2D eigenvalue weighted by Gasteiger charge is 2.08. The van der Waals surface area contributed by atoms with Gasteiger partial charge in [0, 0.05) is 39.8 Å². The zero-order chi connectivity index (χ0) is 20.4. The van der Waals surface area contributed by atoms with Gasteiger partial charge >= 0.3 is 0 Å². The molecule has 0 bridgehead atoms. The Bertz CT molecular complexity index is 1120. The molecule has 0 radical (unpaired) electrons. The van der Waals surface area contributed by atoms with Gasteiger partial charge in [-0.15, -0.1) is 0 Å². The summed E-state index contributed by atoms with van der Waals surface area (Å²) in [5.74, 6) is 2.09. The van der Waals surface area contributed by atoms with Gasteiger partial charge in [0.25, 0.3) is 0 Å². The van der Waals surface area contributed by atoms with Gasteiger partial charge in [-0.2, -0.15) is 15.1 Å². The molecule has 0 unspecified atom stereocenters. The zero-order valence-electron chi connectivity index (χ0n) is 17.1. The molecule has 146 valence electrons. The van der Waals surface area contributed by atoms with Crippen LogP contribution in [0.1, 0.15) is 5.56 Å². The molecule has 4 rings (SSSR count). The molecular weight excluding hydrogens is 360 g/mol. The van der Waals surface area contributed by atoms with Crippen molar-refractivity contribution >= 4 is 45.3 Å². The van der Waals surface area contributed by atoms with E-state index in [1.54, 1.807) is 0 Å². The minimum Gasteiger partial charge on any atom is -0.363 e. The molecule has 0 saturated carbocycles. The smallest absolute Gasteiger partial charge is 0.228 e. The number of nitrogens with zero attached hydrogens (tertiary/aromatic N) is 5. The summed E-state index contributed by atoms with van der Waals surface area (Å²) < 4.78 is 0. The van der Waals surface area contributed by atoms with Gasteiger partial charge < -0.3 is 9.80 Å². The average Bonchev–Trinajstić information content (AvgIpc) is 2.73. The van der Waals surface area contributed by atoms with Crippen molar-refractivity contribution in [3.63, 3.8) is 0 Å². The van der Waals surface area contributed by atoms with Crippen LogP contribution in [0.3, 0.4) is 0 Å². The van der Waals surface area contributed by atoms with E-state index in [1.807, 2.05) is 50.3 Å². The molecule has 1 N–H and O–H groups in total. The van der Waals surface area contributed by atoms with Gasteiger partial charge in [-0.3, -0.25) is 5.43 Å². The number of hydrazone groups is 1. The van der Waals surface area contributed by atoms with Crippen LogP contribution in [0.15, 0.2) is 65.8 Å². The topological polar surface area (TPSA) is 56.6 Å². The first-order chi connectivity index (χ1) is 14.0. The first-order valence-corrected chi connectivity index (χ1v) is 9.46. The first kappa shape index (κ1) is 18.7. The maximum atomic E-state index is 4.53. The quantitative estimate of drug-likeness (QED) is 0.315. The van der Waals surface area contributed by atoms with Crippen molar-refractivity contribution in [1.29, 1.82) is 0 Å². The van der Waals surface area contributed by atoms with Crippen LogP contribution < -0.4 is 15.2 Å². The second-order valence-electron chi connectivity index (χ2n) is 7.30. The number of benzene rings is 3. The Balaban J connectivity index is 1.74. The van der Waals surface area contributed by atoms with Crippen molar-refractivity contribution in [2.24, 2.45) is 5.10 Å². The Kier molecular flexibility index (Phi) is 4.99. The minimum atomic E-state index is 0.629. The number of aromatic nitrogens is 2. The van der Waals surface area contributed by atoms with Crippen LogP contribution in [0.5, 0.6) is 0 Å². The van der Waals surface area contributed by atoms with E-state index in [1.165, 1.54) is 21.5 Å². The lowest BCUT2D eigenvalue weighted by Gasteiger charge is -2.17. The fourth-order valence-corrected chi connectivity index (χ4v) is 3.26. The summed E-state index contributed by atoms with van der Waals surface area (Å²) in [6.45, 7) is 0. The Morgan fingerprint density at radius 2 is 1.41 bits per heavy atom. The molecule has 0 amide bonds. The third kappa shape index (κ3) is 3.82. The van der Waals surface area contributed by atoms with E-state index < -0.39 is 0 Å². The van der Waals surface area contributed by atoms with Crippen LogP contribution in [-0.4, -0.2) is 44.4 Å². The zero-order valence-corrected chi connectivity index (χ0v) is 17.1. The summed E-state index contributed by atoms with van der Waals surface area (Å²) in [6.07, 6.45) is 1.87. The maximum Gasteiger partial charge on any atom is 0.228 e. The highest BCUT2D eigenvalue weighted by molar-refractivity contribution is 6.13. The molecule has 6 heteroatoms. The second-order valence-corrected chi connectivity index (χ2v) is 7.30. The van der Waals surface area contributed by atoms with E-state index in [9.17, 15) is 0 Å². The first-order valence-electron chi connectivity index (χ1n) is 9.46. The lowest BCUT2D eigenvalue weighted by molar-refractivity contribution is 0.966. The fraction of sp³-hybridized carbons (Fsp3) is 0.174. The molecule has 3 aromatic carbocycles. The molecule has 0 saturated heterocycles. The van der Waals surface area contributed by atoms with Gasteiger partial charge in [0.1, 0.15) is 5.82 Å². The third-order valence-corrected chi connectivity index (χ3v) is 4.74. The molecule has 0 atom stereocenters. The van der Waals surface area contributed by atoms with E-state index in [0.717, 1.165) is 11.4 Å². The standard InChI is InChI=1S/C23H24N6/c1-28(2)22-14-21(25-23(26-22)29(3)4)27-24-15-20-18-11-7-5-9-16(18)13-17-10-6-8-12-19(17)20/h5-15H,1-4H3,(H,25,26,27). The number of fused-ring (bicyclic) bond motifs is 2. The number of hydrogen-bond donors (Lipinski definition) is 1. The van der Waals surface area contributed by atoms with Crippen LogP contribution in [0.2, 0.25) is 0 Å². The average molecular weight is 384 g/mol. The molecular formula is C23H24N6. The highest BCUT2D eigenvalue weighted by atomic mass is 15.3. The lowest BCUT2D eigenvalue weighted by atomic mass is 9.97. The van der Waals surface area contributed by atoms with E-state index in [-0.39, 0.29) is 0 Å². The summed E-state index contributed by atoms with van der Waals surface area (Å²) >= 11 is 0. The molecule has 29 heavy (non-hydrogen) atoms. The van der Waals surface area contributed by atoms with Gasteiger partial charge in [0.15, 0.2) is 5.82 Å². The summed E-state index contributed by atoms with van der Waals surface area (Å²) in [4.78, 5) is 12.9. The van der Waals surface area contributed by atoms with E-state index in [4.69, 9.17) is 0 Å². The molecule has 0 aliphatic carbocycles. The van der Waals surface area contributed by atoms with Crippen molar-refractivity contribution in [2.45, 2.75) is 0 Å². The molecule has 0 spiro atoms. The monoisotopic (exact) mass is 384 g/mol. The van der Waals surface area contributed by atoms with Crippen LogP contribution in [0.25, 0.3) is 21.5 Å². The fourth-order valence-electron chi connectivity index (χ4n) is 3.26.